The third-order valence-electron chi connectivity index (χ3n) is 3.36. The second-order valence-electron chi connectivity index (χ2n) is 4.75. The molecule has 0 radical (unpaired) electrons. The van der Waals surface area contributed by atoms with Crippen molar-refractivity contribution in [3.8, 4) is 5.75 Å². The molecular formula is C14H17N3O. The summed E-state index contributed by atoms with van der Waals surface area (Å²) in [5.74, 6) is 1.22. The first-order valence-electron chi connectivity index (χ1n) is 6.34. The fraction of sp³-hybridized carbons (Fsp3) is 0.357. The molecule has 1 fully saturated rings. The minimum atomic E-state index is 0.278. The van der Waals surface area contributed by atoms with Crippen LogP contribution < -0.4 is 10.6 Å². The highest BCUT2D eigenvalue weighted by atomic mass is 16.3. The third kappa shape index (κ3) is 1.99. The summed E-state index contributed by atoms with van der Waals surface area (Å²) < 4.78 is 0. The lowest BCUT2D eigenvalue weighted by atomic mass is 10.1. The highest BCUT2D eigenvalue weighted by Crippen LogP contribution is 2.35. The summed E-state index contributed by atoms with van der Waals surface area (Å²) in [6.07, 6.45) is 4.23. The number of anilines is 1. The number of aromatic hydroxyl groups is 1. The number of phenolic OH excluding ortho intramolecular Hbond substituents is 1. The van der Waals surface area contributed by atoms with Crippen LogP contribution in [-0.2, 0) is 0 Å². The fourth-order valence-electron chi connectivity index (χ4n) is 2.36. The molecule has 1 aromatic carbocycles. The van der Waals surface area contributed by atoms with Crippen molar-refractivity contribution in [2.24, 2.45) is 5.73 Å². The fourth-order valence-corrected chi connectivity index (χ4v) is 2.36. The van der Waals surface area contributed by atoms with E-state index in [-0.39, 0.29) is 5.75 Å². The highest BCUT2D eigenvalue weighted by molar-refractivity contribution is 5.93. The van der Waals surface area contributed by atoms with Crippen molar-refractivity contribution in [1.82, 2.24) is 4.98 Å². The minimum absolute atomic E-state index is 0.278. The molecule has 2 aromatic rings. The van der Waals surface area contributed by atoms with Gasteiger partial charge in [0.1, 0.15) is 11.6 Å². The molecule has 3 N–H and O–H groups in total. The summed E-state index contributed by atoms with van der Waals surface area (Å²) in [5.41, 5.74) is 5.69. The number of nitrogens with two attached hydrogens (primary N) is 1. The Labute approximate surface area is 106 Å². The first-order chi connectivity index (χ1) is 8.79. The van der Waals surface area contributed by atoms with Crippen LogP contribution in [0.2, 0.25) is 0 Å². The van der Waals surface area contributed by atoms with Gasteiger partial charge >= 0.3 is 0 Å². The lowest BCUT2D eigenvalue weighted by molar-refractivity contribution is 0.476. The summed E-state index contributed by atoms with van der Waals surface area (Å²) in [7, 11) is 0. The normalized spacial score (nSPS) is 14.9. The molecule has 0 saturated heterocycles. The van der Waals surface area contributed by atoms with Gasteiger partial charge in [0.2, 0.25) is 0 Å². The van der Waals surface area contributed by atoms with Gasteiger partial charge in [-0.25, -0.2) is 4.98 Å². The Morgan fingerprint density at radius 3 is 2.89 bits per heavy atom. The molecule has 18 heavy (non-hydrogen) atoms. The van der Waals surface area contributed by atoms with Gasteiger partial charge in [0.15, 0.2) is 0 Å². The van der Waals surface area contributed by atoms with E-state index in [4.69, 9.17) is 5.73 Å². The maximum Gasteiger partial charge on any atom is 0.136 e. The second kappa shape index (κ2) is 4.46. The van der Waals surface area contributed by atoms with E-state index in [1.165, 1.54) is 12.8 Å². The van der Waals surface area contributed by atoms with Gasteiger partial charge in [0.05, 0.1) is 0 Å². The molecule has 1 aliphatic rings. The van der Waals surface area contributed by atoms with Gasteiger partial charge in [-0.05, 0) is 36.4 Å². The number of nitrogens with zero attached hydrogens (tertiary/aromatic N) is 2. The zero-order valence-corrected chi connectivity index (χ0v) is 10.2. The van der Waals surface area contributed by atoms with E-state index in [0.717, 1.165) is 23.1 Å². The number of benzene rings is 1. The van der Waals surface area contributed by atoms with Crippen molar-refractivity contribution in [2.75, 3.05) is 18.0 Å². The molecule has 0 spiro atoms. The van der Waals surface area contributed by atoms with E-state index in [0.29, 0.717) is 12.6 Å². The number of hydrogen-bond donors (Lipinski definition) is 2. The van der Waals surface area contributed by atoms with Gasteiger partial charge < -0.3 is 15.7 Å². The zero-order valence-electron chi connectivity index (χ0n) is 10.2. The summed E-state index contributed by atoms with van der Waals surface area (Å²) >= 11 is 0. The number of phenols is 1. The van der Waals surface area contributed by atoms with Gasteiger partial charge in [0, 0.05) is 30.7 Å². The van der Waals surface area contributed by atoms with Crippen LogP contribution in [0.4, 0.5) is 5.82 Å². The van der Waals surface area contributed by atoms with E-state index < -0.39 is 0 Å². The van der Waals surface area contributed by atoms with Crippen LogP contribution in [0.5, 0.6) is 5.75 Å². The molecule has 1 heterocycles. The Bertz CT molecular complexity index is 566. The lowest BCUT2D eigenvalue weighted by Gasteiger charge is -2.24. The Hall–Kier alpha value is -1.81. The van der Waals surface area contributed by atoms with Crippen molar-refractivity contribution in [3.63, 3.8) is 0 Å². The van der Waals surface area contributed by atoms with E-state index in [1.807, 2.05) is 18.3 Å². The number of aromatic nitrogens is 1. The standard InChI is InChI=1S/C14H17N3O/c15-6-8-17(11-2-3-11)14-13-9-12(18)4-1-10(13)5-7-16-14/h1,4-5,7,9,11,18H,2-3,6,8,15H2. The van der Waals surface area contributed by atoms with Crippen molar-refractivity contribution in [2.45, 2.75) is 18.9 Å². The smallest absolute Gasteiger partial charge is 0.136 e. The third-order valence-corrected chi connectivity index (χ3v) is 3.36. The molecule has 0 amide bonds. The monoisotopic (exact) mass is 243 g/mol. The van der Waals surface area contributed by atoms with Crippen LogP contribution in [0.1, 0.15) is 12.8 Å². The average molecular weight is 243 g/mol. The Kier molecular flexibility index (Phi) is 2.80. The van der Waals surface area contributed by atoms with Gasteiger partial charge in [-0.15, -0.1) is 0 Å². The van der Waals surface area contributed by atoms with Crippen LogP contribution in [0.3, 0.4) is 0 Å². The first kappa shape index (κ1) is 11.3. The molecule has 0 atom stereocenters. The molecule has 1 aromatic heterocycles. The molecule has 0 unspecified atom stereocenters. The quantitative estimate of drug-likeness (QED) is 0.860. The minimum Gasteiger partial charge on any atom is -0.508 e. The van der Waals surface area contributed by atoms with Crippen molar-refractivity contribution in [1.29, 1.82) is 0 Å². The summed E-state index contributed by atoms with van der Waals surface area (Å²) in [4.78, 5) is 6.75. The van der Waals surface area contributed by atoms with Crippen LogP contribution in [0.15, 0.2) is 30.5 Å². The van der Waals surface area contributed by atoms with Crippen LogP contribution in [-0.4, -0.2) is 29.2 Å². The van der Waals surface area contributed by atoms with Crippen LogP contribution in [0, 0.1) is 0 Å². The molecule has 4 nitrogen and oxygen atoms in total. The second-order valence-corrected chi connectivity index (χ2v) is 4.75. The largest absolute Gasteiger partial charge is 0.508 e. The molecule has 1 aliphatic carbocycles. The Morgan fingerprint density at radius 2 is 2.17 bits per heavy atom. The molecule has 1 saturated carbocycles. The highest BCUT2D eigenvalue weighted by Gasteiger charge is 2.30. The van der Waals surface area contributed by atoms with Gasteiger partial charge in [-0.1, -0.05) is 6.07 Å². The number of hydrogen-bond acceptors (Lipinski definition) is 4. The first-order valence-corrected chi connectivity index (χ1v) is 6.34. The van der Waals surface area contributed by atoms with E-state index in [9.17, 15) is 5.11 Å². The predicted octanol–water partition coefficient (Wildman–Crippen LogP) is 1.87. The van der Waals surface area contributed by atoms with Gasteiger partial charge in [0.25, 0.3) is 0 Å². The topological polar surface area (TPSA) is 62.4 Å². The maximum absolute atomic E-state index is 9.65. The van der Waals surface area contributed by atoms with Gasteiger partial charge in [-0.2, -0.15) is 0 Å². The Morgan fingerprint density at radius 1 is 1.33 bits per heavy atom. The molecule has 4 heteroatoms. The molecule has 94 valence electrons. The van der Waals surface area contributed by atoms with E-state index in [2.05, 4.69) is 9.88 Å². The molecule has 3 rings (SSSR count). The summed E-state index contributed by atoms with van der Waals surface area (Å²) in [6.45, 7) is 1.43. The Balaban J connectivity index is 2.11. The maximum atomic E-state index is 9.65. The van der Waals surface area contributed by atoms with Crippen molar-refractivity contribution in [3.05, 3.63) is 30.5 Å². The zero-order chi connectivity index (χ0) is 12.5. The van der Waals surface area contributed by atoms with Crippen molar-refractivity contribution < 1.29 is 5.11 Å². The lowest BCUT2D eigenvalue weighted by Crippen LogP contribution is -2.32. The molecule has 0 bridgehead atoms. The summed E-state index contributed by atoms with van der Waals surface area (Å²) in [6, 6.07) is 7.93. The van der Waals surface area contributed by atoms with Gasteiger partial charge in [-0.3, -0.25) is 0 Å². The predicted molar refractivity (Wildman–Crippen MR) is 72.8 cm³/mol. The van der Waals surface area contributed by atoms with Crippen molar-refractivity contribution >= 4 is 16.6 Å². The summed E-state index contributed by atoms with van der Waals surface area (Å²) in [5, 5.41) is 11.7. The molecular weight excluding hydrogens is 226 g/mol. The van der Waals surface area contributed by atoms with Crippen LogP contribution in [0.25, 0.3) is 10.8 Å². The number of rotatable bonds is 4. The average Bonchev–Trinajstić information content (AvgIpc) is 3.20. The molecule has 0 aliphatic heterocycles. The van der Waals surface area contributed by atoms with E-state index >= 15 is 0 Å². The van der Waals surface area contributed by atoms with E-state index in [1.54, 1.807) is 12.1 Å². The number of fused-ring (bicyclic) bond motifs is 1. The number of pyridine rings is 1. The van der Waals surface area contributed by atoms with Crippen LogP contribution >= 0.6 is 0 Å². The SMILES string of the molecule is NCCN(c1nccc2ccc(O)cc12)C1CC1.